The zero-order valence-electron chi connectivity index (χ0n) is 11.0. The van der Waals surface area contributed by atoms with Crippen LogP contribution in [0.1, 0.15) is 23.6 Å². The van der Waals surface area contributed by atoms with Gasteiger partial charge in [0.25, 0.3) is 0 Å². The first-order valence-electron chi connectivity index (χ1n) is 6.70. The Morgan fingerprint density at radius 1 is 1.35 bits per heavy atom. The summed E-state index contributed by atoms with van der Waals surface area (Å²) in [4.78, 5) is 20.3. The van der Waals surface area contributed by atoms with E-state index in [9.17, 15) is 4.79 Å². The number of carbonyl (C=O) groups excluding carboxylic acids is 1. The van der Waals surface area contributed by atoms with Crippen LogP contribution in [0.2, 0.25) is 0 Å². The predicted octanol–water partition coefficient (Wildman–Crippen LogP) is 1.69. The predicted molar refractivity (Wildman–Crippen MR) is 76.2 cm³/mol. The Morgan fingerprint density at radius 3 is 3.10 bits per heavy atom. The molecule has 0 fully saturated rings. The van der Waals surface area contributed by atoms with Gasteiger partial charge in [-0.15, -0.1) is 0 Å². The summed E-state index contributed by atoms with van der Waals surface area (Å²) >= 11 is 0. The third-order valence-electron chi connectivity index (χ3n) is 3.49. The number of para-hydroxylation sites is 1. The van der Waals surface area contributed by atoms with Crippen LogP contribution in [0.3, 0.4) is 0 Å². The minimum Gasteiger partial charge on any atom is -0.385 e. The number of carbonyl (C=O) groups is 1. The van der Waals surface area contributed by atoms with Gasteiger partial charge >= 0.3 is 0 Å². The van der Waals surface area contributed by atoms with Crippen molar-refractivity contribution in [2.75, 3.05) is 11.9 Å². The van der Waals surface area contributed by atoms with Gasteiger partial charge in [0.1, 0.15) is 6.33 Å². The molecule has 2 aromatic rings. The molecule has 2 heterocycles. The molecule has 5 heteroatoms. The molecule has 1 aliphatic rings. The number of nitrogens with one attached hydrogen (secondary N) is 2. The van der Waals surface area contributed by atoms with Gasteiger partial charge in [0.2, 0.25) is 5.91 Å². The zero-order chi connectivity index (χ0) is 13.8. The monoisotopic (exact) mass is 268 g/mol. The summed E-state index contributed by atoms with van der Waals surface area (Å²) in [7, 11) is 0. The van der Waals surface area contributed by atoms with Crippen molar-refractivity contribution in [1.29, 1.82) is 0 Å². The number of anilines is 1. The van der Waals surface area contributed by atoms with Gasteiger partial charge in [-0.05, 0) is 24.1 Å². The number of fused-ring (bicyclic) bond motifs is 1. The smallest absolute Gasteiger partial charge is 0.228 e. The van der Waals surface area contributed by atoms with Crippen LogP contribution in [-0.2, 0) is 11.3 Å². The fourth-order valence-corrected chi connectivity index (χ4v) is 2.46. The van der Waals surface area contributed by atoms with Crippen molar-refractivity contribution in [2.45, 2.75) is 18.9 Å². The highest BCUT2D eigenvalue weighted by molar-refractivity contribution is 5.86. The van der Waals surface area contributed by atoms with Crippen molar-refractivity contribution in [3.05, 3.63) is 54.1 Å². The number of aromatic nitrogens is 2. The normalized spacial score (nSPS) is 16.9. The SMILES string of the molecule is O=C(NCc1ccncn1)C1CCNc2ccccc21. The van der Waals surface area contributed by atoms with Gasteiger partial charge in [-0.25, -0.2) is 9.97 Å². The van der Waals surface area contributed by atoms with Crippen LogP contribution in [-0.4, -0.2) is 22.4 Å². The van der Waals surface area contributed by atoms with Crippen molar-refractivity contribution < 1.29 is 4.79 Å². The highest BCUT2D eigenvalue weighted by Crippen LogP contribution is 2.31. The van der Waals surface area contributed by atoms with Crippen molar-refractivity contribution in [1.82, 2.24) is 15.3 Å². The summed E-state index contributed by atoms with van der Waals surface area (Å²) in [6.07, 6.45) is 3.97. The Balaban J connectivity index is 1.69. The van der Waals surface area contributed by atoms with Gasteiger partial charge in [0.15, 0.2) is 0 Å². The molecule has 1 amide bonds. The molecule has 0 bridgehead atoms. The minimum atomic E-state index is -0.0886. The Bertz CT molecular complexity index is 600. The molecular weight excluding hydrogens is 252 g/mol. The van der Waals surface area contributed by atoms with E-state index in [0.29, 0.717) is 6.54 Å². The highest BCUT2D eigenvalue weighted by atomic mass is 16.1. The number of nitrogens with zero attached hydrogens (tertiary/aromatic N) is 2. The van der Waals surface area contributed by atoms with Crippen molar-refractivity contribution in [2.24, 2.45) is 0 Å². The number of hydrogen-bond acceptors (Lipinski definition) is 4. The second-order valence-electron chi connectivity index (χ2n) is 4.77. The van der Waals surface area contributed by atoms with Crippen LogP contribution in [0, 0.1) is 0 Å². The van der Waals surface area contributed by atoms with Gasteiger partial charge in [0.05, 0.1) is 18.2 Å². The molecule has 1 aromatic heterocycles. The molecule has 1 atom stereocenters. The summed E-state index contributed by atoms with van der Waals surface area (Å²) in [5.74, 6) is -0.0353. The standard InChI is InChI=1S/C15H16N4O/c20-15(18-9-11-5-7-16-10-19-11)13-6-8-17-14-4-2-1-3-12(13)14/h1-5,7,10,13,17H,6,8-9H2,(H,18,20). The van der Waals surface area contributed by atoms with E-state index in [-0.39, 0.29) is 11.8 Å². The fraction of sp³-hybridized carbons (Fsp3) is 0.267. The van der Waals surface area contributed by atoms with Crippen LogP contribution in [0.25, 0.3) is 0 Å². The van der Waals surface area contributed by atoms with Crippen LogP contribution in [0.5, 0.6) is 0 Å². The second-order valence-corrected chi connectivity index (χ2v) is 4.77. The molecule has 2 N–H and O–H groups in total. The van der Waals surface area contributed by atoms with Gasteiger partial charge < -0.3 is 10.6 Å². The third kappa shape index (κ3) is 2.61. The largest absolute Gasteiger partial charge is 0.385 e. The van der Waals surface area contributed by atoms with Crippen LogP contribution < -0.4 is 10.6 Å². The minimum absolute atomic E-state index is 0.0533. The van der Waals surface area contributed by atoms with E-state index in [0.717, 1.165) is 29.9 Å². The van der Waals surface area contributed by atoms with Gasteiger partial charge in [-0.1, -0.05) is 18.2 Å². The van der Waals surface area contributed by atoms with E-state index in [1.165, 1.54) is 6.33 Å². The summed E-state index contributed by atoms with van der Waals surface area (Å²) in [6.45, 7) is 1.26. The Kier molecular flexibility index (Phi) is 3.58. The summed E-state index contributed by atoms with van der Waals surface area (Å²) < 4.78 is 0. The molecule has 1 unspecified atom stereocenters. The topological polar surface area (TPSA) is 66.9 Å². The molecule has 1 aliphatic heterocycles. The second kappa shape index (κ2) is 5.69. The first kappa shape index (κ1) is 12.6. The van der Waals surface area contributed by atoms with E-state index in [4.69, 9.17) is 0 Å². The van der Waals surface area contributed by atoms with E-state index in [1.807, 2.05) is 24.3 Å². The summed E-state index contributed by atoms with van der Waals surface area (Å²) in [5, 5.41) is 6.27. The number of benzene rings is 1. The fourth-order valence-electron chi connectivity index (χ4n) is 2.46. The number of amides is 1. The maximum atomic E-state index is 12.4. The Hall–Kier alpha value is -2.43. The molecule has 102 valence electrons. The molecule has 5 nitrogen and oxygen atoms in total. The van der Waals surface area contributed by atoms with Crippen LogP contribution in [0.15, 0.2) is 42.9 Å². The van der Waals surface area contributed by atoms with E-state index < -0.39 is 0 Å². The summed E-state index contributed by atoms with van der Waals surface area (Å²) in [6, 6.07) is 9.77. The van der Waals surface area contributed by atoms with Gasteiger partial charge in [-0.2, -0.15) is 0 Å². The average Bonchev–Trinajstić information content (AvgIpc) is 2.53. The maximum Gasteiger partial charge on any atom is 0.228 e. The molecule has 20 heavy (non-hydrogen) atoms. The van der Waals surface area contributed by atoms with Crippen LogP contribution >= 0.6 is 0 Å². The highest BCUT2D eigenvalue weighted by Gasteiger charge is 2.25. The molecule has 1 aromatic carbocycles. The van der Waals surface area contributed by atoms with E-state index in [1.54, 1.807) is 12.3 Å². The lowest BCUT2D eigenvalue weighted by Crippen LogP contribution is -2.32. The molecule has 0 aliphatic carbocycles. The van der Waals surface area contributed by atoms with E-state index in [2.05, 4.69) is 20.6 Å². The molecule has 0 saturated carbocycles. The summed E-state index contributed by atoms with van der Waals surface area (Å²) in [5.41, 5.74) is 2.94. The molecule has 3 rings (SSSR count). The van der Waals surface area contributed by atoms with Crippen molar-refractivity contribution in [3.63, 3.8) is 0 Å². The first-order valence-corrected chi connectivity index (χ1v) is 6.70. The maximum absolute atomic E-state index is 12.4. The Morgan fingerprint density at radius 2 is 2.25 bits per heavy atom. The lowest BCUT2D eigenvalue weighted by atomic mass is 9.90. The Labute approximate surface area is 117 Å². The third-order valence-corrected chi connectivity index (χ3v) is 3.49. The van der Waals surface area contributed by atoms with Gasteiger partial charge in [-0.3, -0.25) is 4.79 Å². The lowest BCUT2D eigenvalue weighted by molar-refractivity contribution is -0.122. The van der Waals surface area contributed by atoms with Crippen LogP contribution in [0.4, 0.5) is 5.69 Å². The van der Waals surface area contributed by atoms with Crippen molar-refractivity contribution in [3.8, 4) is 0 Å². The number of rotatable bonds is 3. The molecule has 0 saturated heterocycles. The molecular formula is C15H16N4O. The van der Waals surface area contributed by atoms with Gasteiger partial charge in [0, 0.05) is 18.4 Å². The average molecular weight is 268 g/mol. The first-order chi connectivity index (χ1) is 9.84. The number of hydrogen-bond donors (Lipinski definition) is 2. The lowest BCUT2D eigenvalue weighted by Gasteiger charge is -2.25. The zero-order valence-corrected chi connectivity index (χ0v) is 11.0. The molecule has 0 spiro atoms. The van der Waals surface area contributed by atoms with E-state index >= 15 is 0 Å². The quantitative estimate of drug-likeness (QED) is 0.889. The van der Waals surface area contributed by atoms with Crippen molar-refractivity contribution >= 4 is 11.6 Å². The molecule has 0 radical (unpaired) electrons.